The first kappa shape index (κ1) is 14.1. The molecule has 1 aromatic heterocycles. The summed E-state index contributed by atoms with van der Waals surface area (Å²) in [6.07, 6.45) is 0. The summed E-state index contributed by atoms with van der Waals surface area (Å²) < 4.78 is 19.9. The number of hydrogen-bond acceptors (Lipinski definition) is 3. The molecule has 0 amide bonds. The quantitative estimate of drug-likeness (QED) is 0.506. The van der Waals surface area contributed by atoms with E-state index >= 15 is 0 Å². The van der Waals surface area contributed by atoms with Crippen LogP contribution >= 0.6 is 24.0 Å². The Kier molecular flexibility index (Phi) is 5.34. The number of benzene rings is 1. The Bertz CT molecular complexity index is 497. The van der Waals surface area contributed by atoms with Crippen molar-refractivity contribution in [1.29, 1.82) is 0 Å². The standard InChI is InChI=1S/C10H8O2S3.Zn/c11-15(12)7-3-4-9(13)8(6-7)10-2-1-5-14-10;/h1-6,13H,(H,11,12);. The average molecular weight is 322 g/mol. The van der Waals surface area contributed by atoms with Crippen molar-refractivity contribution in [2.24, 2.45) is 0 Å². The number of rotatable bonds is 2. The molecule has 1 unspecified atom stereocenters. The number of thiophene rings is 1. The van der Waals surface area contributed by atoms with Crippen LogP contribution in [0.4, 0.5) is 0 Å². The molecular weight excluding hydrogens is 314 g/mol. The fourth-order valence-corrected chi connectivity index (χ4v) is 2.75. The molecule has 0 aliphatic heterocycles. The number of thiol groups is 1. The molecule has 0 radical (unpaired) electrons. The van der Waals surface area contributed by atoms with Crippen molar-refractivity contribution in [2.75, 3.05) is 0 Å². The van der Waals surface area contributed by atoms with E-state index < -0.39 is 11.1 Å². The average Bonchev–Trinajstić information content (AvgIpc) is 2.71. The van der Waals surface area contributed by atoms with Crippen LogP contribution in [0, 0.1) is 0 Å². The topological polar surface area (TPSA) is 37.3 Å². The van der Waals surface area contributed by atoms with Crippen molar-refractivity contribution < 1.29 is 28.2 Å². The Morgan fingerprint density at radius 3 is 2.62 bits per heavy atom. The SMILES string of the molecule is O=S(O)c1ccc(S)c(-c2cccs2)c1.[Zn]. The second-order valence-corrected chi connectivity index (χ2v) is 5.30. The second-order valence-electron chi connectivity index (χ2n) is 2.91. The molecule has 1 aromatic carbocycles. The van der Waals surface area contributed by atoms with Crippen molar-refractivity contribution in [3.8, 4) is 10.4 Å². The van der Waals surface area contributed by atoms with E-state index in [2.05, 4.69) is 12.6 Å². The van der Waals surface area contributed by atoms with Gasteiger partial charge >= 0.3 is 0 Å². The Labute approximate surface area is 119 Å². The maximum atomic E-state index is 10.9. The van der Waals surface area contributed by atoms with Gasteiger partial charge < -0.3 is 4.55 Å². The molecule has 1 heterocycles. The monoisotopic (exact) mass is 320 g/mol. The van der Waals surface area contributed by atoms with Crippen LogP contribution in [0.25, 0.3) is 10.4 Å². The molecule has 80 valence electrons. The van der Waals surface area contributed by atoms with E-state index in [4.69, 9.17) is 4.55 Å². The van der Waals surface area contributed by atoms with Crippen molar-refractivity contribution in [2.45, 2.75) is 9.79 Å². The first-order valence-electron chi connectivity index (χ1n) is 4.16. The van der Waals surface area contributed by atoms with Crippen LogP contribution < -0.4 is 0 Å². The molecule has 2 rings (SSSR count). The first-order chi connectivity index (χ1) is 7.18. The molecule has 0 bridgehead atoms. The summed E-state index contributed by atoms with van der Waals surface area (Å²) >= 11 is 3.97. The van der Waals surface area contributed by atoms with Gasteiger partial charge in [0.2, 0.25) is 0 Å². The molecule has 0 aliphatic carbocycles. The van der Waals surface area contributed by atoms with Crippen LogP contribution in [-0.4, -0.2) is 8.76 Å². The van der Waals surface area contributed by atoms with Crippen molar-refractivity contribution in [1.82, 2.24) is 0 Å². The predicted molar refractivity (Wildman–Crippen MR) is 66.0 cm³/mol. The maximum absolute atomic E-state index is 10.9. The van der Waals surface area contributed by atoms with Crippen LogP contribution in [0.5, 0.6) is 0 Å². The third-order valence-electron chi connectivity index (χ3n) is 1.96. The molecule has 1 N–H and O–H groups in total. The third-order valence-corrected chi connectivity index (χ3v) is 3.91. The zero-order valence-corrected chi connectivity index (χ0v) is 13.8. The fourth-order valence-electron chi connectivity index (χ4n) is 1.25. The van der Waals surface area contributed by atoms with Crippen LogP contribution in [0.3, 0.4) is 0 Å². The summed E-state index contributed by atoms with van der Waals surface area (Å²) in [6, 6.07) is 8.95. The summed E-state index contributed by atoms with van der Waals surface area (Å²) in [5, 5.41) is 1.96. The van der Waals surface area contributed by atoms with Crippen molar-refractivity contribution in [3.05, 3.63) is 35.7 Å². The molecule has 0 aliphatic rings. The van der Waals surface area contributed by atoms with E-state index in [1.54, 1.807) is 29.5 Å². The van der Waals surface area contributed by atoms with Crippen LogP contribution in [-0.2, 0) is 30.6 Å². The largest absolute Gasteiger partial charge is 0.302 e. The van der Waals surface area contributed by atoms with Gasteiger partial charge in [0.1, 0.15) is 0 Å². The van der Waals surface area contributed by atoms with Crippen LogP contribution in [0.15, 0.2) is 45.5 Å². The molecule has 0 saturated carbocycles. The molecule has 0 saturated heterocycles. The molecule has 0 spiro atoms. The molecule has 16 heavy (non-hydrogen) atoms. The molecule has 1 atom stereocenters. The summed E-state index contributed by atoms with van der Waals surface area (Å²) in [5.41, 5.74) is 0.897. The Morgan fingerprint density at radius 2 is 2.06 bits per heavy atom. The van der Waals surface area contributed by atoms with Crippen LogP contribution in [0.1, 0.15) is 0 Å². The second kappa shape index (κ2) is 6.08. The van der Waals surface area contributed by atoms with Gasteiger partial charge in [-0.2, -0.15) is 0 Å². The van der Waals surface area contributed by atoms with Gasteiger partial charge in [-0.3, -0.25) is 0 Å². The minimum absolute atomic E-state index is 0. The van der Waals surface area contributed by atoms with Gasteiger partial charge in [0.05, 0.1) is 4.90 Å². The van der Waals surface area contributed by atoms with E-state index in [0.29, 0.717) is 4.90 Å². The minimum atomic E-state index is -1.94. The molecular formula is C10H8O2S3Zn. The van der Waals surface area contributed by atoms with Crippen LogP contribution in [0.2, 0.25) is 0 Å². The summed E-state index contributed by atoms with van der Waals surface area (Å²) in [4.78, 5) is 2.26. The molecule has 2 aromatic rings. The van der Waals surface area contributed by atoms with Gasteiger partial charge in [-0.15, -0.1) is 24.0 Å². The van der Waals surface area contributed by atoms with Crippen molar-refractivity contribution >= 4 is 35.0 Å². The van der Waals surface area contributed by atoms with Gasteiger partial charge in [0.15, 0.2) is 11.1 Å². The Hall–Kier alpha value is 0.00338. The van der Waals surface area contributed by atoms with Gasteiger partial charge in [0.25, 0.3) is 0 Å². The van der Waals surface area contributed by atoms with E-state index in [9.17, 15) is 4.21 Å². The summed E-state index contributed by atoms with van der Waals surface area (Å²) in [6.45, 7) is 0. The van der Waals surface area contributed by atoms with Gasteiger partial charge in [0, 0.05) is 34.8 Å². The van der Waals surface area contributed by atoms with Gasteiger partial charge in [-0.25, -0.2) is 4.21 Å². The third kappa shape index (κ3) is 3.02. The molecule has 2 nitrogen and oxygen atoms in total. The Morgan fingerprint density at radius 1 is 1.31 bits per heavy atom. The normalized spacial score (nSPS) is 11.9. The zero-order chi connectivity index (χ0) is 10.8. The Balaban J connectivity index is 0.00000128. The van der Waals surface area contributed by atoms with Gasteiger partial charge in [-0.1, -0.05) is 6.07 Å². The molecule has 6 heteroatoms. The van der Waals surface area contributed by atoms with E-state index in [0.717, 1.165) is 15.3 Å². The fraction of sp³-hybridized carbons (Fsp3) is 0. The first-order valence-corrected chi connectivity index (χ1v) is 6.59. The van der Waals surface area contributed by atoms with Gasteiger partial charge in [-0.05, 0) is 29.6 Å². The summed E-state index contributed by atoms with van der Waals surface area (Å²) in [5.74, 6) is 0. The zero-order valence-electron chi connectivity index (χ0n) is 8.29. The van der Waals surface area contributed by atoms with Crippen molar-refractivity contribution in [3.63, 3.8) is 0 Å². The maximum Gasteiger partial charge on any atom is 0.186 e. The number of hydrogen-bond donors (Lipinski definition) is 2. The minimum Gasteiger partial charge on any atom is -0.302 e. The van der Waals surface area contributed by atoms with E-state index in [1.165, 1.54) is 0 Å². The summed E-state index contributed by atoms with van der Waals surface area (Å²) in [7, 11) is 0. The van der Waals surface area contributed by atoms with E-state index in [1.807, 2.05) is 17.5 Å². The predicted octanol–water partition coefficient (Wildman–Crippen LogP) is 3.28. The molecule has 0 fully saturated rings. The smallest absolute Gasteiger partial charge is 0.186 e. The van der Waals surface area contributed by atoms with E-state index in [-0.39, 0.29) is 19.5 Å².